The minimum absolute atomic E-state index is 0.0326. The number of aromatic nitrogens is 1. The second kappa shape index (κ2) is 6.46. The SMILES string of the molecule is CCOC(C)CNS(=O)(=O)c1cc(Br)cnc1N. The molecule has 0 saturated heterocycles. The quantitative estimate of drug-likeness (QED) is 0.811. The van der Waals surface area contributed by atoms with Gasteiger partial charge in [0, 0.05) is 23.8 Å². The number of anilines is 1. The molecule has 1 atom stereocenters. The van der Waals surface area contributed by atoms with Crippen molar-refractivity contribution in [3.8, 4) is 0 Å². The third-order valence-electron chi connectivity index (χ3n) is 2.15. The number of nitrogens with one attached hydrogen (secondary N) is 1. The highest BCUT2D eigenvalue weighted by atomic mass is 79.9. The van der Waals surface area contributed by atoms with E-state index in [0.717, 1.165) is 0 Å². The van der Waals surface area contributed by atoms with Crippen molar-refractivity contribution in [3.63, 3.8) is 0 Å². The molecule has 0 aliphatic heterocycles. The summed E-state index contributed by atoms with van der Waals surface area (Å²) in [7, 11) is -3.67. The summed E-state index contributed by atoms with van der Waals surface area (Å²) in [6.45, 7) is 4.35. The van der Waals surface area contributed by atoms with Crippen molar-refractivity contribution in [1.29, 1.82) is 0 Å². The van der Waals surface area contributed by atoms with E-state index in [4.69, 9.17) is 10.5 Å². The Hall–Kier alpha value is -0.700. The van der Waals surface area contributed by atoms with Crippen molar-refractivity contribution in [2.24, 2.45) is 0 Å². The van der Waals surface area contributed by atoms with E-state index in [1.807, 2.05) is 6.92 Å². The maximum Gasteiger partial charge on any atom is 0.244 e. The zero-order valence-electron chi connectivity index (χ0n) is 10.2. The van der Waals surface area contributed by atoms with E-state index in [0.29, 0.717) is 11.1 Å². The Morgan fingerprint density at radius 3 is 2.89 bits per heavy atom. The van der Waals surface area contributed by atoms with Gasteiger partial charge >= 0.3 is 0 Å². The number of hydrogen-bond acceptors (Lipinski definition) is 5. The summed E-state index contributed by atoms with van der Waals surface area (Å²) in [6.07, 6.45) is 1.24. The fourth-order valence-corrected chi connectivity index (χ4v) is 3.00. The van der Waals surface area contributed by atoms with Crippen LogP contribution in [0.1, 0.15) is 13.8 Å². The van der Waals surface area contributed by atoms with Crippen molar-refractivity contribution in [2.45, 2.75) is 24.8 Å². The van der Waals surface area contributed by atoms with E-state index in [1.165, 1.54) is 12.3 Å². The zero-order valence-corrected chi connectivity index (χ0v) is 12.6. The Kier molecular flexibility index (Phi) is 5.51. The zero-order chi connectivity index (χ0) is 13.8. The molecule has 102 valence electrons. The normalized spacial score (nSPS) is 13.5. The molecule has 1 rings (SSSR count). The van der Waals surface area contributed by atoms with Crippen LogP contribution in [0.15, 0.2) is 21.6 Å². The van der Waals surface area contributed by atoms with Crippen molar-refractivity contribution in [2.75, 3.05) is 18.9 Å². The molecule has 0 amide bonds. The fourth-order valence-electron chi connectivity index (χ4n) is 1.29. The minimum atomic E-state index is -3.67. The van der Waals surface area contributed by atoms with Crippen LogP contribution < -0.4 is 10.5 Å². The number of nitrogens with two attached hydrogens (primary N) is 1. The van der Waals surface area contributed by atoms with Crippen LogP contribution in [0.3, 0.4) is 0 Å². The molecule has 0 aliphatic rings. The van der Waals surface area contributed by atoms with Gasteiger partial charge in [0.1, 0.15) is 10.7 Å². The van der Waals surface area contributed by atoms with E-state index in [1.54, 1.807) is 6.92 Å². The van der Waals surface area contributed by atoms with Gasteiger partial charge in [-0.2, -0.15) is 0 Å². The summed E-state index contributed by atoms with van der Waals surface area (Å²) in [5.41, 5.74) is 5.56. The number of rotatable bonds is 6. The van der Waals surface area contributed by atoms with Crippen LogP contribution in [-0.2, 0) is 14.8 Å². The number of halogens is 1. The Labute approximate surface area is 115 Å². The molecule has 0 spiro atoms. The van der Waals surface area contributed by atoms with Crippen LogP contribution in [0.5, 0.6) is 0 Å². The highest BCUT2D eigenvalue weighted by Gasteiger charge is 2.19. The molecule has 0 aliphatic carbocycles. The van der Waals surface area contributed by atoms with Crippen molar-refractivity contribution >= 4 is 31.8 Å². The van der Waals surface area contributed by atoms with Gasteiger partial charge in [0.15, 0.2) is 0 Å². The van der Waals surface area contributed by atoms with Gasteiger partial charge in [0.25, 0.3) is 0 Å². The summed E-state index contributed by atoms with van der Waals surface area (Å²) in [5, 5.41) is 0. The van der Waals surface area contributed by atoms with Crippen LogP contribution >= 0.6 is 15.9 Å². The Balaban J connectivity index is 2.83. The van der Waals surface area contributed by atoms with Gasteiger partial charge in [-0.1, -0.05) is 0 Å². The molecule has 18 heavy (non-hydrogen) atoms. The van der Waals surface area contributed by atoms with Crippen LogP contribution in [0.4, 0.5) is 5.82 Å². The van der Waals surface area contributed by atoms with Crippen molar-refractivity contribution < 1.29 is 13.2 Å². The molecule has 0 saturated carbocycles. The molecule has 1 aromatic heterocycles. The van der Waals surface area contributed by atoms with E-state index in [2.05, 4.69) is 25.6 Å². The highest BCUT2D eigenvalue weighted by molar-refractivity contribution is 9.10. The third-order valence-corrected chi connectivity index (χ3v) is 4.04. The number of nitrogens with zero attached hydrogens (tertiary/aromatic N) is 1. The van der Waals surface area contributed by atoms with Gasteiger partial charge < -0.3 is 10.5 Å². The van der Waals surface area contributed by atoms with Gasteiger partial charge in [-0.25, -0.2) is 18.1 Å². The molecule has 1 aromatic rings. The van der Waals surface area contributed by atoms with Crippen LogP contribution in [-0.4, -0.2) is 32.7 Å². The van der Waals surface area contributed by atoms with Crippen molar-refractivity contribution in [3.05, 3.63) is 16.7 Å². The number of sulfonamides is 1. The predicted octanol–water partition coefficient (Wildman–Crippen LogP) is 1.13. The first-order valence-electron chi connectivity index (χ1n) is 5.39. The Bertz CT molecular complexity index is 507. The monoisotopic (exact) mass is 337 g/mol. The summed E-state index contributed by atoms with van der Waals surface area (Å²) in [6, 6.07) is 1.41. The van der Waals surface area contributed by atoms with Crippen LogP contribution in [0.2, 0.25) is 0 Å². The molecule has 3 N–H and O–H groups in total. The first-order chi connectivity index (χ1) is 8.36. The Morgan fingerprint density at radius 2 is 2.28 bits per heavy atom. The minimum Gasteiger partial charge on any atom is -0.383 e. The summed E-state index contributed by atoms with van der Waals surface area (Å²) in [4.78, 5) is 3.75. The van der Waals surface area contributed by atoms with E-state index < -0.39 is 10.0 Å². The van der Waals surface area contributed by atoms with Gasteiger partial charge in [0.05, 0.1) is 6.10 Å². The van der Waals surface area contributed by atoms with E-state index in [9.17, 15) is 8.42 Å². The number of nitrogen functional groups attached to an aromatic ring is 1. The fraction of sp³-hybridized carbons (Fsp3) is 0.500. The first-order valence-corrected chi connectivity index (χ1v) is 7.66. The molecule has 0 fully saturated rings. The second-order valence-electron chi connectivity index (χ2n) is 3.65. The van der Waals surface area contributed by atoms with Crippen LogP contribution in [0.25, 0.3) is 0 Å². The second-order valence-corrected chi connectivity index (χ2v) is 6.31. The number of pyridine rings is 1. The molecule has 0 aromatic carbocycles. The number of ether oxygens (including phenoxy) is 1. The molecule has 8 heteroatoms. The summed E-state index contributed by atoms with van der Waals surface area (Å²) < 4.78 is 32.2. The molecule has 0 bridgehead atoms. The van der Waals surface area contributed by atoms with Gasteiger partial charge in [-0.15, -0.1) is 0 Å². The average molecular weight is 338 g/mol. The summed E-state index contributed by atoms with van der Waals surface area (Å²) in [5.74, 6) is -0.0326. The van der Waals surface area contributed by atoms with Gasteiger partial charge in [0.2, 0.25) is 10.0 Å². The smallest absolute Gasteiger partial charge is 0.244 e. The van der Waals surface area contributed by atoms with E-state index >= 15 is 0 Å². The largest absolute Gasteiger partial charge is 0.383 e. The molecular weight excluding hydrogens is 322 g/mol. The lowest BCUT2D eigenvalue weighted by Gasteiger charge is -2.13. The molecule has 1 heterocycles. The predicted molar refractivity (Wildman–Crippen MR) is 72.6 cm³/mol. The number of hydrogen-bond donors (Lipinski definition) is 2. The lowest BCUT2D eigenvalue weighted by atomic mass is 10.4. The first kappa shape index (κ1) is 15.4. The van der Waals surface area contributed by atoms with Gasteiger partial charge in [-0.05, 0) is 35.8 Å². The molecule has 0 radical (unpaired) electrons. The molecular formula is C10H16BrN3O3S. The molecule has 6 nitrogen and oxygen atoms in total. The maximum absolute atomic E-state index is 12.0. The topological polar surface area (TPSA) is 94.3 Å². The maximum atomic E-state index is 12.0. The lowest BCUT2D eigenvalue weighted by molar-refractivity contribution is 0.0799. The van der Waals surface area contributed by atoms with Crippen LogP contribution in [0, 0.1) is 0 Å². The highest BCUT2D eigenvalue weighted by Crippen LogP contribution is 2.20. The Morgan fingerprint density at radius 1 is 1.61 bits per heavy atom. The standard InChI is InChI=1S/C10H16BrN3O3S/c1-3-17-7(2)5-14-18(15,16)9-4-8(11)6-13-10(9)12/h4,6-7,14H,3,5H2,1-2H3,(H2,12,13). The lowest BCUT2D eigenvalue weighted by Crippen LogP contribution is -2.32. The van der Waals surface area contributed by atoms with Gasteiger partial charge in [-0.3, -0.25) is 0 Å². The summed E-state index contributed by atoms with van der Waals surface area (Å²) >= 11 is 3.16. The van der Waals surface area contributed by atoms with E-state index in [-0.39, 0.29) is 23.4 Å². The average Bonchev–Trinajstić information content (AvgIpc) is 2.30. The third kappa shape index (κ3) is 4.20. The molecule has 1 unspecified atom stereocenters. The van der Waals surface area contributed by atoms with Crippen molar-refractivity contribution in [1.82, 2.24) is 9.71 Å².